The van der Waals surface area contributed by atoms with Crippen LogP contribution < -0.4 is 9.21 Å². The number of sulfonamides is 1. The summed E-state index contributed by atoms with van der Waals surface area (Å²) in [6.07, 6.45) is 2.54. The molecular formula is C20H20N2O4S. The van der Waals surface area contributed by atoms with Crippen molar-refractivity contribution in [1.82, 2.24) is 0 Å². The molecule has 27 heavy (non-hydrogen) atoms. The molecule has 2 aromatic carbocycles. The Labute approximate surface area is 158 Å². The maximum Gasteiger partial charge on any atom is 0.264 e. The van der Waals surface area contributed by atoms with Crippen molar-refractivity contribution in [2.45, 2.75) is 30.6 Å². The van der Waals surface area contributed by atoms with Crippen LogP contribution in [0.5, 0.6) is 0 Å². The Morgan fingerprint density at radius 3 is 2.30 bits per heavy atom. The van der Waals surface area contributed by atoms with Crippen LogP contribution in [0.25, 0.3) is 0 Å². The Bertz CT molecular complexity index is 999. The Morgan fingerprint density at radius 2 is 1.56 bits per heavy atom. The van der Waals surface area contributed by atoms with E-state index in [-0.39, 0.29) is 29.6 Å². The molecule has 6 nitrogen and oxygen atoms in total. The SMILES string of the molecule is O=C1CCN(S(=O)(=O)c2ccc(N3CCCCC3=O)cc2)c2ccccc21. The summed E-state index contributed by atoms with van der Waals surface area (Å²) in [5.74, 6) is 0.0244. The number of carbonyl (C=O) groups excluding carboxylic acids is 2. The van der Waals surface area contributed by atoms with Crippen molar-refractivity contribution in [2.24, 2.45) is 0 Å². The van der Waals surface area contributed by atoms with Crippen LogP contribution in [0.15, 0.2) is 53.4 Å². The second-order valence-electron chi connectivity index (χ2n) is 6.76. The number of carbonyl (C=O) groups is 2. The molecule has 2 aromatic rings. The highest BCUT2D eigenvalue weighted by molar-refractivity contribution is 7.92. The van der Waals surface area contributed by atoms with Gasteiger partial charge in [-0.1, -0.05) is 12.1 Å². The van der Waals surface area contributed by atoms with Gasteiger partial charge in [0, 0.05) is 37.2 Å². The second kappa shape index (κ2) is 6.81. The molecule has 2 aliphatic heterocycles. The number of nitrogens with zero attached hydrogens (tertiary/aromatic N) is 2. The first-order valence-electron chi connectivity index (χ1n) is 9.04. The van der Waals surface area contributed by atoms with E-state index in [0.717, 1.165) is 12.8 Å². The molecule has 0 bridgehead atoms. The summed E-state index contributed by atoms with van der Waals surface area (Å²) in [7, 11) is -3.78. The summed E-state index contributed by atoms with van der Waals surface area (Å²) >= 11 is 0. The van der Waals surface area contributed by atoms with Crippen molar-refractivity contribution in [2.75, 3.05) is 22.3 Å². The molecule has 1 fully saturated rings. The van der Waals surface area contributed by atoms with Crippen molar-refractivity contribution in [3.8, 4) is 0 Å². The molecule has 140 valence electrons. The van der Waals surface area contributed by atoms with E-state index in [0.29, 0.717) is 29.9 Å². The summed E-state index contributed by atoms with van der Waals surface area (Å²) in [5, 5.41) is 0. The van der Waals surface area contributed by atoms with Gasteiger partial charge in [0.25, 0.3) is 10.0 Å². The molecule has 0 saturated carbocycles. The van der Waals surface area contributed by atoms with Crippen molar-refractivity contribution in [3.63, 3.8) is 0 Å². The molecule has 2 heterocycles. The zero-order valence-electron chi connectivity index (χ0n) is 14.8. The molecule has 1 amide bonds. The molecule has 1 saturated heterocycles. The van der Waals surface area contributed by atoms with Crippen LogP contribution in [0.2, 0.25) is 0 Å². The first kappa shape index (κ1) is 17.7. The Hall–Kier alpha value is -2.67. The van der Waals surface area contributed by atoms with Crippen molar-refractivity contribution >= 4 is 33.1 Å². The van der Waals surface area contributed by atoms with Gasteiger partial charge in [0.2, 0.25) is 5.91 Å². The molecule has 0 aliphatic carbocycles. The summed E-state index contributed by atoms with van der Waals surface area (Å²) in [6.45, 7) is 0.789. The first-order chi connectivity index (χ1) is 13.0. The van der Waals surface area contributed by atoms with Gasteiger partial charge in [-0.25, -0.2) is 8.42 Å². The maximum absolute atomic E-state index is 13.1. The number of fused-ring (bicyclic) bond motifs is 1. The van der Waals surface area contributed by atoms with E-state index in [9.17, 15) is 18.0 Å². The van der Waals surface area contributed by atoms with Gasteiger partial charge in [-0.05, 0) is 49.2 Å². The van der Waals surface area contributed by atoms with E-state index in [1.54, 1.807) is 41.3 Å². The molecule has 0 spiro atoms. The van der Waals surface area contributed by atoms with Gasteiger partial charge in [-0.2, -0.15) is 0 Å². The number of ketones is 1. The summed E-state index contributed by atoms with van der Waals surface area (Å²) in [4.78, 5) is 26.0. The van der Waals surface area contributed by atoms with Gasteiger partial charge in [0.15, 0.2) is 5.78 Å². The normalized spacial score (nSPS) is 17.8. The fourth-order valence-electron chi connectivity index (χ4n) is 3.64. The van der Waals surface area contributed by atoms with Crippen LogP contribution in [0, 0.1) is 0 Å². The Kier molecular flexibility index (Phi) is 4.47. The van der Waals surface area contributed by atoms with Crippen LogP contribution in [0.4, 0.5) is 11.4 Å². The number of benzene rings is 2. The average Bonchev–Trinajstić information content (AvgIpc) is 2.69. The molecule has 2 aliphatic rings. The van der Waals surface area contributed by atoms with E-state index >= 15 is 0 Å². The number of rotatable bonds is 3. The van der Waals surface area contributed by atoms with E-state index in [1.165, 1.54) is 16.4 Å². The van der Waals surface area contributed by atoms with E-state index < -0.39 is 10.0 Å². The summed E-state index contributed by atoms with van der Waals surface area (Å²) in [5.41, 5.74) is 1.57. The lowest BCUT2D eigenvalue weighted by molar-refractivity contribution is -0.119. The molecule has 0 unspecified atom stereocenters. The Balaban J connectivity index is 1.66. The second-order valence-corrected chi connectivity index (χ2v) is 8.63. The van der Waals surface area contributed by atoms with E-state index in [2.05, 4.69) is 0 Å². The average molecular weight is 384 g/mol. The molecule has 0 N–H and O–H groups in total. The third-order valence-electron chi connectivity index (χ3n) is 5.07. The van der Waals surface area contributed by atoms with E-state index in [1.807, 2.05) is 0 Å². The zero-order chi connectivity index (χ0) is 19.0. The minimum absolute atomic E-state index is 0.0454. The largest absolute Gasteiger partial charge is 0.312 e. The molecule has 0 atom stereocenters. The van der Waals surface area contributed by atoms with Gasteiger partial charge >= 0.3 is 0 Å². The fourth-order valence-corrected chi connectivity index (χ4v) is 5.12. The molecule has 0 aromatic heterocycles. The number of para-hydroxylation sites is 1. The Morgan fingerprint density at radius 1 is 0.815 bits per heavy atom. The van der Waals surface area contributed by atoms with Crippen molar-refractivity contribution in [1.29, 1.82) is 0 Å². The number of anilines is 2. The lowest BCUT2D eigenvalue weighted by atomic mass is 10.0. The van der Waals surface area contributed by atoms with Crippen LogP contribution >= 0.6 is 0 Å². The van der Waals surface area contributed by atoms with Crippen LogP contribution in [0.3, 0.4) is 0 Å². The number of hydrogen-bond donors (Lipinski definition) is 0. The van der Waals surface area contributed by atoms with Crippen LogP contribution in [-0.2, 0) is 14.8 Å². The van der Waals surface area contributed by atoms with Gasteiger partial charge in [-0.15, -0.1) is 0 Å². The first-order valence-corrected chi connectivity index (χ1v) is 10.5. The quantitative estimate of drug-likeness (QED) is 0.815. The third kappa shape index (κ3) is 3.12. The highest BCUT2D eigenvalue weighted by Gasteiger charge is 2.32. The molecule has 4 rings (SSSR count). The summed E-state index contributed by atoms with van der Waals surface area (Å²) < 4.78 is 27.6. The third-order valence-corrected chi connectivity index (χ3v) is 6.90. The highest BCUT2D eigenvalue weighted by atomic mass is 32.2. The number of hydrogen-bond acceptors (Lipinski definition) is 4. The number of amides is 1. The van der Waals surface area contributed by atoms with Crippen molar-refractivity contribution in [3.05, 3.63) is 54.1 Å². The topological polar surface area (TPSA) is 74.8 Å². The zero-order valence-corrected chi connectivity index (χ0v) is 15.6. The number of Topliss-reactive ketones (excluding diaryl/α,β-unsaturated/α-hetero) is 1. The van der Waals surface area contributed by atoms with Crippen LogP contribution in [-0.4, -0.2) is 33.2 Å². The fraction of sp³-hybridized carbons (Fsp3) is 0.300. The van der Waals surface area contributed by atoms with Gasteiger partial charge in [-0.3, -0.25) is 13.9 Å². The standard InChI is InChI=1S/C20H20N2O4S/c23-19-12-14-22(18-6-2-1-5-17(18)19)27(25,26)16-10-8-15(9-11-16)21-13-4-3-7-20(21)24/h1-2,5-6,8-11H,3-4,7,12-14H2. The van der Waals surface area contributed by atoms with Gasteiger partial charge in [0.1, 0.15) is 0 Å². The predicted molar refractivity (Wildman–Crippen MR) is 103 cm³/mol. The van der Waals surface area contributed by atoms with Crippen LogP contribution in [0.1, 0.15) is 36.0 Å². The van der Waals surface area contributed by atoms with Gasteiger partial charge in [0.05, 0.1) is 10.6 Å². The lowest BCUT2D eigenvalue weighted by Crippen LogP contribution is -2.37. The monoisotopic (exact) mass is 384 g/mol. The van der Waals surface area contributed by atoms with Gasteiger partial charge < -0.3 is 4.90 Å². The smallest absolute Gasteiger partial charge is 0.264 e. The maximum atomic E-state index is 13.1. The van der Waals surface area contributed by atoms with E-state index in [4.69, 9.17) is 0 Å². The molecular weight excluding hydrogens is 364 g/mol. The summed E-state index contributed by atoms with van der Waals surface area (Å²) in [6, 6.07) is 13.2. The highest BCUT2D eigenvalue weighted by Crippen LogP contribution is 2.32. The minimum Gasteiger partial charge on any atom is -0.312 e. The molecule has 7 heteroatoms. The van der Waals surface area contributed by atoms with Crippen molar-refractivity contribution < 1.29 is 18.0 Å². The minimum atomic E-state index is -3.78. The lowest BCUT2D eigenvalue weighted by Gasteiger charge is -2.30. The predicted octanol–water partition coefficient (Wildman–Crippen LogP) is 2.99. The number of piperidine rings is 1. The molecule has 0 radical (unpaired) electrons.